The maximum atomic E-state index is 9.68. The van der Waals surface area contributed by atoms with E-state index in [0.29, 0.717) is 0 Å². The minimum Gasteiger partial charge on any atom is 0 e. The summed E-state index contributed by atoms with van der Waals surface area (Å²) in [5.41, 5.74) is 0. The summed E-state index contributed by atoms with van der Waals surface area (Å²) >= 11 is 1.65. The first-order valence-corrected chi connectivity index (χ1v) is 2.17. The molecule has 0 amide bonds. The van der Waals surface area contributed by atoms with Gasteiger partial charge in [0.05, 0.1) is 0 Å². The van der Waals surface area contributed by atoms with Gasteiger partial charge in [-0.1, -0.05) is 6.58 Å². The second-order valence-corrected chi connectivity index (χ2v) is 1.57. The molecule has 0 aliphatic heterocycles. The normalized spacial score (nSPS) is 3.30. The van der Waals surface area contributed by atoms with Crippen LogP contribution in [0.5, 0.6) is 0 Å². The number of rotatable bonds is 1. The Labute approximate surface area is 200 Å². The van der Waals surface area contributed by atoms with Gasteiger partial charge in [-0.15, -0.1) is 0 Å². The second-order valence-electron chi connectivity index (χ2n) is 0.508. The van der Waals surface area contributed by atoms with Crippen molar-refractivity contribution in [3.63, 3.8) is 0 Å². The van der Waals surface area contributed by atoms with E-state index in [0.717, 1.165) is 0 Å². The molecule has 0 fully saturated rings. The molecule has 0 rings (SSSR count). The van der Waals surface area contributed by atoms with Gasteiger partial charge in [0.15, 0.2) is 0 Å². The topological polar surface area (TPSA) is 17.1 Å². The maximum Gasteiger partial charge on any atom is 0 e. The predicted molar refractivity (Wildman–Crippen MR) is 63.4 cm³/mol. The predicted octanol–water partition coefficient (Wildman–Crippen LogP) is -2.53. The molecule has 0 atom stereocenters. The van der Waals surface area contributed by atoms with Gasteiger partial charge in [-0.05, 0) is 6.08 Å². The summed E-state index contributed by atoms with van der Waals surface area (Å²) in [7, 11) is 0. The van der Waals surface area contributed by atoms with Crippen molar-refractivity contribution in [2.45, 2.75) is 0 Å². The first-order chi connectivity index (χ1) is 2.27. The number of allylic oxidation sites excluding steroid dienone is 1. The number of carbonyl (C=O) groups excluding carboxylic acids is 1. The van der Waals surface area contributed by atoms with Crippen LogP contribution in [-0.4, -0.2) is 144 Å². The fraction of sp³-hybridized carbons (Fsp3) is 0. The Kier molecular flexibility index (Phi) is 106. The molecular weight excluding hydrogens is 554 g/mol. The number of hydrogen-bond acceptors (Lipinski definition) is 1. The van der Waals surface area contributed by atoms with E-state index in [4.69, 9.17) is 0 Å². The average Bonchev–Trinajstić information content (AvgIpc) is 1.38. The molecule has 0 saturated heterocycles. The Balaban J connectivity index is -0.00000000800. The van der Waals surface area contributed by atoms with E-state index < -0.39 is 0 Å². The van der Waals surface area contributed by atoms with E-state index in [9.17, 15) is 4.79 Å². The van der Waals surface area contributed by atoms with Crippen LogP contribution >= 0.6 is 22.6 Å². The van der Waals surface area contributed by atoms with E-state index >= 15 is 0 Å². The molecule has 0 spiro atoms. The summed E-state index contributed by atoms with van der Waals surface area (Å²) in [6.45, 7) is 3.20. The van der Waals surface area contributed by atoms with Crippen molar-refractivity contribution >= 4 is 167 Å². The van der Waals surface area contributed by atoms with Crippen LogP contribution in [0.25, 0.3) is 0 Å². The molecule has 0 aromatic carbocycles. The molecule has 0 heterocycles. The van der Waals surface area contributed by atoms with Gasteiger partial charge >= 0.3 is 141 Å². The van der Waals surface area contributed by atoms with E-state index in [2.05, 4.69) is 6.58 Å². The molecule has 0 bridgehead atoms. The Morgan fingerprint density at radius 1 is 1.30 bits per heavy atom. The second kappa shape index (κ2) is 29.3. The van der Waals surface area contributed by atoms with Crippen LogP contribution in [0.3, 0.4) is 0 Å². The van der Waals surface area contributed by atoms with Crippen molar-refractivity contribution in [2.24, 2.45) is 0 Å². The van der Waals surface area contributed by atoms with Crippen LogP contribution in [0.15, 0.2) is 12.7 Å². The first kappa shape index (κ1) is 36.1. The molecule has 0 saturated carbocycles. The van der Waals surface area contributed by atoms with E-state index in [1.54, 1.807) is 22.6 Å². The summed E-state index contributed by atoms with van der Waals surface area (Å²) in [6, 6.07) is 0. The zero-order valence-corrected chi connectivity index (χ0v) is 13.0. The minimum absolute atomic E-state index is 0. The van der Waals surface area contributed by atoms with Gasteiger partial charge in [0.2, 0.25) is 3.79 Å². The third kappa shape index (κ3) is 37.4. The SMILES string of the molecule is C=CC(=O)I.[CaH2].[CaH2].[CaH2].[PbH2].[Ti]. The van der Waals surface area contributed by atoms with Crippen LogP contribution < -0.4 is 0 Å². The van der Waals surface area contributed by atoms with Crippen LogP contribution in [0, 0.1) is 0 Å². The Bertz CT molecular complexity index is 74.8. The Hall–Kier alpha value is 5.56. The van der Waals surface area contributed by atoms with Crippen molar-refractivity contribution in [1.82, 2.24) is 0 Å². The summed E-state index contributed by atoms with van der Waals surface area (Å²) in [5.74, 6) is 0. The molecule has 1 nitrogen and oxygen atoms in total. The van der Waals surface area contributed by atoms with Gasteiger partial charge in [0, 0.05) is 44.3 Å². The van der Waals surface area contributed by atoms with Crippen molar-refractivity contribution in [3.8, 4) is 0 Å². The molecule has 0 aliphatic carbocycles. The average molecular weight is 565 g/mol. The number of carbonyl (C=O) groups is 1. The van der Waals surface area contributed by atoms with E-state index in [1.165, 1.54) is 6.08 Å². The maximum absolute atomic E-state index is 9.68. The van der Waals surface area contributed by atoms with Crippen molar-refractivity contribution in [3.05, 3.63) is 12.7 Å². The molecule has 50 valence electrons. The third-order valence-corrected chi connectivity index (χ3v) is 0.601. The van der Waals surface area contributed by atoms with Crippen molar-refractivity contribution < 1.29 is 26.5 Å². The van der Waals surface area contributed by atoms with Gasteiger partial charge < -0.3 is 0 Å². The summed E-state index contributed by atoms with van der Waals surface area (Å²) in [6.07, 6.45) is 1.26. The van der Waals surface area contributed by atoms with E-state index in [1.807, 2.05) is 0 Å². The smallest absolute Gasteiger partial charge is 0 e. The fourth-order valence-electron chi connectivity index (χ4n) is 0. The third-order valence-electron chi connectivity index (χ3n) is 0.160. The standard InChI is InChI=1S/C3H3IO.3Ca.Pb.Ti.8H/c1-2-3(4)5;;;;;;;;;;;;;/h2H,1H2;;;;;;;;;;;;;. The molecule has 0 aromatic heterocycles. The number of halogens is 1. The van der Waals surface area contributed by atoms with Gasteiger partial charge in [-0.25, -0.2) is 0 Å². The van der Waals surface area contributed by atoms with Gasteiger partial charge in [0.25, 0.3) is 0 Å². The summed E-state index contributed by atoms with van der Waals surface area (Å²) in [4.78, 5) is 9.68. The zero-order valence-electron chi connectivity index (χ0n) is 3.78. The molecule has 7 heteroatoms. The molecule has 2 radical (unpaired) electrons. The van der Waals surface area contributed by atoms with E-state index in [-0.39, 0.29) is 166 Å². The number of hydrogen-bond donors (Lipinski definition) is 0. The molecule has 0 aliphatic rings. The zero-order chi connectivity index (χ0) is 4.28. The van der Waals surface area contributed by atoms with Crippen LogP contribution in [0.4, 0.5) is 0 Å². The van der Waals surface area contributed by atoms with Crippen LogP contribution in [-0.2, 0) is 26.5 Å². The first-order valence-electron chi connectivity index (χ1n) is 1.09. The molecule has 0 aromatic rings. The summed E-state index contributed by atoms with van der Waals surface area (Å²) in [5, 5.41) is 0. The monoisotopic (exact) mass is 566 g/mol. The molecular formula is C3H11Ca3IOPbTi. The van der Waals surface area contributed by atoms with Crippen LogP contribution in [0.2, 0.25) is 0 Å². The fourth-order valence-corrected chi connectivity index (χ4v) is 0. The largest absolute Gasteiger partial charge is 0 e. The van der Waals surface area contributed by atoms with Gasteiger partial charge in [-0.3, -0.25) is 4.79 Å². The minimum atomic E-state index is -0.0115. The Morgan fingerprint density at radius 3 is 1.40 bits per heavy atom. The van der Waals surface area contributed by atoms with Crippen molar-refractivity contribution in [1.29, 1.82) is 0 Å². The molecule has 0 N–H and O–H groups in total. The van der Waals surface area contributed by atoms with Gasteiger partial charge in [-0.2, -0.15) is 0 Å². The molecule has 10 heavy (non-hydrogen) atoms. The Morgan fingerprint density at radius 2 is 1.40 bits per heavy atom. The summed E-state index contributed by atoms with van der Waals surface area (Å²) < 4.78 is -0.0115. The quantitative estimate of drug-likeness (QED) is 0.149. The van der Waals surface area contributed by atoms with Gasteiger partial charge in [0.1, 0.15) is 0 Å². The van der Waals surface area contributed by atoms with Crippen LogP contribution in [0.1, 0.15) is 0 Å². The molecule has 0 unspecified atom stereocenters. The van der Waals surface area contributed by atoms with Crippen molar-refractivity contribution in [2.75, 3.05) is 0 Å².